The monoisotopic (exact) mass is 169 g/mol. The van der Waals surface area contributed by atoms with Gasteiger partial charge in [0.25, 0.3) is 5.56 Å². The molecular formula is C8H11NO3. The van der Waals surface area contributed by atoms with E-state index in [1.54, 1.807) is 6.92 Å². The third-order valence-corrected chi connectivity index (χ3v) is 1.76. The summed E-state index contributed by atoms with van der Waals surface area (Å²) in [6, 6.07) is 1.51. The van der Waals surface area contributed by atoms with Crippen LogP contribution in [0.5, 0.6) is 0 Å². The average Bonchev–Trinajstić information content (AvgIpc) is 2.05. The fraction of sp³-hybridized carbons (Fsp3) is 0.375. The molecule has 66 valence electrons. The number of hydrogen-bond donors (Lipinski definition) is 3. The number of aliphatic hydroxyl groups excluding tert-OH is 2. The van der Waals surface area contributed by atoms with E-state index >= 15 is 0 Å². The lowest BCUT2D eigenvalue weighted by Crippen LogP contribution is -2.15. The first-order chi connectivity index (χ1) is 5.69. The second-order valence-corrected chi connectivity index (χ2v) is 2.59. The van der Waals surface area contributed by atoms with Crippen LogP contribution in [0.1, 0.15) is 16.8 Å². The summed E-state index contributed by atoms with van der Waals surface area (Å²) in [5.74, 6) is 0. The number of hydrogen-bond acceptors (Lipinski definition) is 3. The van der Waals surface area contributed by atoms with Crippen molar-refractivity contribution in [1.82, 2.24) is 4.98 Å². The minimum atomic E-state index is -0.303. The maximum absolute atomic E-state index is 11.0. The van der Waals surface area contributed by atoms with Crippen molar-refractivity contribution in [2.45, 2.75) is 20.1 Å². The van der Waals surface area contributed by atoms with Crippen molar-refractivity contribution in [2.24, 2.45) is 0 Å². The number of aromatic nitrogens is 1. The summed E-state index contributed by atoms with van der Waals surface area (Å²) in [5.41, 5.74) is 1.26. The molecule has 0 bridgehead atoms. The Morgan fingerprint density at radius 2 is 1.92 bits per heavy atom. The molecule has 4 nitrogen and oxygen atoms in total. The van der Waals surface area contributed by atoms with Crippen LogP contribution in [0.25, 0.3) is 0 Å². The molecule has 0 unspecified atom stereocenters. The van der Waals surface area contributed by atoms with Crippen LogP contribution in [-0.4, -0.2) is 15.2 Å². The van der Waals surface area contributed by atoms with Gasteiger partial charge in [-0.25, -0.2) is 0 Å². The molecule has 0 amide bonds. The summed E-state index contributed by atoms with van der Waals surface area (Å²) in [7, 11) is 0. The average molecular weight is 169 g/mol. The number of rotatable bonds is 2. The van der Waals surface area contributed by atoms with Crippen molar-refractivity contribution < 1.29 is 10.2 Å². The maximum atomic E-state index is 11.0. The lowest BCUT2D eigenvalue weighted by atomic mass is 10.1. The summed E-state index contributed by atoms with van der Waals surface area (Å²) < 4.78 is 0. The quantitative estimate of drug-likeness (QED) is 0.567. The fourth-order valence-electron chi connectivity index (χ4n) is 0.997. The first-order valence-electron chi connectivity index (χ1n) is 3.62. The van der Waals surface area contributed by atoms with Gasteiger partial charge in [-0.3, -0.25) is 4.79 Å². The standard InChI is InChI=1S/C8H11NO3/c1-5-6(3-10)2-7(4-11)8(12)9-5/h2,10-11H,3-4H2,1H3,(H,9,12). The van der Waals surface area contributed by atoms with Crippen LogP contribution in [0.2, 0.25) is 0 Å². The molecule has 12 heavy (non-hydrogen) atoms. The molecule has 0 aliphatic rings. The Labute approximate surface area is 69.5 Å². The van der Waals surface area contributed by atoms with Crippen LogP contribution in [0.3, 0.4) is 0 Å². The Balaban J connectivity index is 3.27. The zero-order valence-electron chi connectivity index (χ0n) is 6.79. The second kappa shape index (κ2) is 3.51. The van der Waals surface area contributed by atoms with Gasteiger partial charge < -0.3 is 15.2 Å². The second-order valence-electron chi connectivity index (χ2n) is 2.59. The molecule has 1 aromatic heterocycles. The predicted octanol–water partition coefficient (Wildman–Crippen LogP) is -0.332. The largest absolute Gasteiger partial charge is 0.392 e. The molecule has 1 heterocycles. The van der Waals surface area contributed by atoms with Gasteiger partial charge in [-0.15, -0.1) is 0 Å². The van der Waals surface area contributed by atoms with Gasteiger partial charge in [0.1, 0.15) is 0 Å². The van der Waals surface area contributed by atoms with E-state index in [2.05, 4.69) is 4.98 Å². The fourth-order valence-corrected chi connectivity index (χ4v) is 0.997. The van der Waals surface area contributed by atoms with Gasteiger partial charge in [-0.1, -0.05) is 0 Å². The highest BCUT2D eigenvalue weighted by Crippen LogP contribution is 2.03. The van der Waals surface area contributed by atoms with E-state index in [1.165, 1.54) is 6.07 Å². The summed E-state index contributed by atoms with van der Waals surface area (Å²) in [4.78, 5) is 13.6. The third-order valence-electron chi connectivity index (χ3n) is 1.76. The Bertz CT molecular complexity index is 330. The highest BCUT2D eigenvalue weighted by molar-refractivity contribution is 5.23. The van der Waals surface area contributed by atoms with Gasteiger partial charge in [0.15, 0.2) is 0 Å². The molecule has 0 fully saturated rings. The Morgan fingerprint density at radius 1 is 1.33 bits per heavy atom. The lowest BCUT2D eigenvalue weighted by Gasteiger charge is -2.03. The highest BCUT2D eigenvalue weighted by Gasteiger charge is 2.02. The minimum Gasteiger partial charge on any atom is -0.392 e. The lowest BCUT2D eigenvalue weighted by molar-refractivity contribution is 0.273. The highest BCUT2D eigenvalue weighted by atomic mass is 16.3. The number of pyridine rings is 1. The normalized spacial score (nSPS) is 10.2. The smallest absolute Gasteiger partial charge is 0.253 e. The van der Waals surface area contributed by atoms with Gasteiger partial charge in [-0.05, 0) is 18.6 Å². The summed E-state index contributed by atoms with van der Waals surface area (Å²) in [6.07, 6.45) is 0. The molecule has 0 saturated carbocycles. The Hall–Kier alpha value is -1.13. The summed E-state index contributed by atoms with van der Waals surface area (Å²) >= 11 is 0. The molecular weight excluding hydrogens is 158 g/mol. The van der Waals surface area contributed by atoms with Gasteiger partial charge >= 0.3 is 0 Å². The number of nitrogens with one attached hydrogen (secondary N) is 1. The molecule has 3 N–H and O–H groups in total. The summed E-state index contributed by atoms with van der Waals surface area (Å²) in [5, 5.41) is 17.6. The van der Waals surface area contributed by atoms with E-state index in [0.29, 0.717) is 11.3 Å². The van der Waals surface area contributed by atoms with E-state index in [1.807, 2.05) is 0 Å². The Kier molecular flexibility index (Phi) is 2.62. The molecule has 0 saturated heterocycles. The van der Waals surface area contributed by atoms with Crippen molar-refractivity contribution in [1.29, 1.82) is 0 Å². The van der Waals surface area contributed by atoms with Gasteiger partial charge in [-0.2, -0.15) is 0 Å². The van der Waals surface area contributed by atoms with E-state index in [4.69, 9.17) is 10.2 Å². The van der Waals surface area contributed by atoms with Crippen molar-refractivity contribution in [3.63, 3.8) is 0 Å². The van der Waals surface area contributed by atoms with E-state index in [0.717, 1.165) is 0 Å². The first kappa shape index (κ1) is 8.96. The Morgan fingerprint density at radius 3 is 2.42 bits per heavy atom. The molecule has 0 aliphatic heterocycles. The van der Waals surface area contributed by atoms with Crippen molar-refractivity contribution >= 4 is 0 Å². The summed E-state index contributed by atoms with van der Waals surface area (Å²) in [6.45, 7) is 1.27. The number of aryl methyl sites for hydroxylation is 1. The number of aliphatic hydroxyl groups is 2. The minimum absolute atomic E-state index is 0.129. The van der Waals surface area contributed by atoms with Crippen molar-refractivity contribution in [2.75, 3.05) is 0 Å². The zero-order chi connectivity index (χ0) is 9.14. The van der Waals surface area contributed by atoms with Crippen LogP contribution >= 0.6 is 0 Å². The van der Waals surface area contributed by atoms with Gasteiger partial charge in [0, 0.05) is 11.3 Å². The topological polar surface area (TPSA) is 73.3 Å². The van der Waals surface area contributed by atoms with E-state index in [9.17, 15) is 4.79 Å². The molecule has 4 heteroatoms. The van der Waals surface area contributed by atoms with Gasteiger partial charge in [0.2, 0.25) is 0 Å². The van der Waals surface area contributed by atoms with Gasteiger partial charge in [0.05, 0.1) is 13.2 Å². The molecule has 1 rings (SSSR count). The zero-order valence-corrected chi connectivity index (χ0v) is 6.79. The third kappa shape index (κ3) is 1.54. The maximum Gasteiger partial charge on any atom is 0.253 e. The molecule has 0 radical (unpaired) electrons. The van der Waals surface area contributed by atoms with Crippen LogP contribution in [0.4, 0.5) is 0 Å². The number of aromatic amines is 1. The molecule has 0 spiro atoms. The molecule has 0 aromatic carbocycles. The first-order valence-corrected chi connectivity index (χ1v) is 3.62. The number of H-pyrrole nitrogens is 1. The van der Waals surface area contributed by atoms with Crippen LogP contribution in [-0.2, 0) is 13.2 Å². The molecule has 1 aromatic rings. The molecule has 0 atom stereocenters. The van der Waals surface area contributed by atoms with Crippen LogP contribution in [0, 0.1) is 6.92 Å². The van der Waals surface area contributed by atoms with Crippen molar-refractivity contribution in [3.8, 4) is 0 Å². The SMILES string of the molecule is Cc1[nH]c(=O)c(CO)cc1CO. The predicted molar refractivity (Wildman–Crippen MR) is 43.6 cm³/mol. The van der Waals surface area contributed by atoms with Crippen LogP contribution in [0.15, 0.2) is 10.9 Å². The van der Waals surface area contributed by atoms with E-state index in [-0.39, 0.29) is 24.3 Å². The molecule has 0 aliphatic carbocycles. The van der Waals surface area contributed by atoms with Crippen LogP contribution < -0.4 is 5.56 Å². The van der Waals surface area contributed by atoms with E-state index < -0.39 is 0 Å². The van der Waals surface area contributed by atoms with Crippen molar-refractivity contribution in [3.05, 3.63) is 33.2 Å².